The van der Waals surface area contributed by atoms with Crippen molar-refractivity contribution in [2.45, 2.75) is 0 Å². The van der Waals surface area contributed by atoms with E-state index in [0.717, 1.165) is 203 Å². The summed E-state index contributed by atoms with van der Waals surface area (Å²) in [6.45, 7) is 0. The summed E-state index contributed by atoms with van der Waals surface area (Å²) in [4.78, 5) is 100. The number of hydrogen-bond donors (Lipinski definition) is 0. The van der Waals surface area contributed by atoms with Gasteiger partial charge in [-0.05, 0) is 96.1 Å². The normalized spacial score (nSPS) is 11.5. The third kappa shape index (κ3) is 13.8. The first-order valence-electron chi connectivity index (χ1n) is 40.7. The van der Waals surface area contributed by atoms with Gasteiger partial charge in [-0.2, -0.15) is 0 Å². The van der Waals surface area contributed by atoms with Crippen LogP contribution in [0.5, 0.6) is 0 Å². The van der Waals surface area contributed by atoms with Gasteiger partial charge >= 0.3 is 0 Å². The molecule has 126 heavy (non-hydrogen) atoms. The van der Waals surface area contributed by atoms with Crippen LogP contribution < -0.4 is 0 Å². The van der Waals surface area contributed by atoms with E-state index < -0.39 is 0 Å². The van der Waals surface area contributed by atoms with Crippen LogP contribution in [0.4, 0.5) is 0 Å². The number of benzene rings is 9. The Kier molecular flexibility index (Phi) is 18.3. The summed E-state index contributed by atoms with van der Waals surface area (Å²) in [5.74, 6) is 4.01. The average Bonchev–Trinajstić information content (AvgIpc) is 0.766. The molecule has 16 heterocycles. The zero-order valence-electron chi connectivity index (χ0n) is 66.6. The third-order valence-electron chi connectivity index (χ3n) is 22.4. The Morgan fingerprint density at radius 3 is 0.802 bits per heavy atom. The minimum absolute atomic E-state index is 0.541. The number of hydrogen-bond acceptors (Lipinski definition) is 21. The van der Waals surface area contributed by atoms with Crippen molar-refractivity contribution in [1.82, 2.24) is 105 Å². The van der Waals surface area contributed by atoms with E-state index in [1.54, 1.807) is 68.2 Å². The third-order valence-corrected chi connectivity index (χ3v) is 22.4. The van der Waals surface area contributed by atoms with Gasteiger partial charge in [0.25, 0.3) is 0 Å². The van der Waals surface area contributed by atoms with E-state index in [0.29, 0.717) is 40.8 Å². The van der Waals surface area contributed by atoms with Gasteiger partial charge in [0, 0.05) is 201 Å². The van der Waals surface area contributed by atoms with Crippen LogP contribution in [0.25, 0.3) is 244 Å². The van der Waals surface area contributed by atoms with Crippen LogP contribution in [-0.2, 0) is 0 Å². The van der Waals surface area contributed by atoms with Gasteiger partial charge in [0.15, 0.2) is 40.8 Å². The highest BCUT2D eigenvalue weighted by atomic mass is 15.1. The lowest BCUT2D eigenvalue weighted by Gasteiger charge is -2.12. The molecule has 0 aliphatic heterocycles. The summed E-state index contributed by atoms with van der Waals surface area (Å²) in [6.07, 6.45) is 25.3. The molecule has 21 nitrogen and oxygen atoms in total. The lowest BCUT2D eigenvalue weighted by atomic mass is 10.0. The quantitative estimate of drug-likeness (QED) is 0.115. The summed E-state index contributed by atoms with van der Waals surface area (Å²) in [6, 6.07) is 95.1. The molecule has 25 rings (SSSR count). The topological polar surface area (TPSA) is 271 Å². The van der Waals surface area contributed by atoms with E-state index in [9.17, 15) is 0 Å². The fraction of sp³-hybridized carbons (Fsp3) is 0. The molecule has 21 heteroatoms. The first-order chi connectivity index (χ1) is 62.4. The van der Waals surface area contributed by atoms with Gasteiger partial charge in [0.1, 0.15) is 0 Å². The molecule has 25 aromatic rings. The molecule has 0 saturated carbocycles. The number of rotatable bonds is 10. The van der Waals surface area contributed by atoms with Gasteiger partial charge in [0.2, 0.25) is 0 Å². The second kappa shape index (κ2) is 31.4. The van der Waals surface area contributed by atoms with E-state index in [-0.39, 0.29) is 0 Å². The SMILES string of the molecule is c1ccc(-c2nc(-c3ccnc4c3ccc3cccnc34)nc(-c3ccnc4c3ccc3cccnc34)n2)cc1.c1ccc(-c2nc(-c3cnc4c(ccc5cccnc54)c3)nc(-c3cnc4c(ccc5cccnc54)c3)n2)cc1.c1cncc(-c2ccc(-c3nc(-c4cnc5c(ccc6cccnc65)c4)cc(-c4cnc5c(ccc6cccnc65)c4)n3)cc2)c1. The second-order valence-corrected chi connectivity index (χ2v) is 30.2. The van der Waals surface area contributed by atoms with E-state index in [1.165, 1.54) is 0 Å². The monoisotopic (exact) mass is 1620 g/mol. The molecule has 0 N–H and O–H groups in total. The fourth-order valence-corrected chi connectivity index (χ4v) is 16.3. The highest BCUT2D eigenvalue weighted by Crippen LogP contribution is 2.39. The summed E-state index contributed by atoms with van der Waals surface area (Å²) < 4.78 is 0. The van der Waals surface area contributed by atoms with Crippen molar-refractivity contribution in [3.63, 3.8) is 0 Å². The van der Waals surface area contributed by atoms with E-state index in [2.05, 4.69) is 178 Å². The van der Waals surface area contributed by atoms with Crippen molar-refractivity contribution in [3.8, 4) is 113 Å². The summed E-state index contributed by atoms with van der Waals surface area (Å²) in [7, 11) is 0. The Bertz CT molecular complexity index is 8220. The van der Waals surface area contributed by atoms with Gasteiger partial charge in [-0.1, -0.05) is 200 Å². The molecule has 9 aromatic carbocycles. The molecule has 0 aliphatic rings. The molecule has 0 fully saturated rings. The zero-order valence-corrected chi connectivity index (χ0v) is 66.6. The second-order valence-electron chi connectivity index (χ2n) is 30.2. The average molecular weight is 1620 g/mol. The Balaban J connectivity index is 0.000000109. The lowest BCUT2D eigenvalue weighted by Crippen LogP contribution is -2.01. The summed E-state index contributed by atoms with van der Waals surface area (Å²) in [5.41, 5.74) is 21.7. The van der Waals surface area contributed by atoms with Crippen LogP contribution in [0, 0.1) is 0 Å². The minimum Gasteiger partial charge on any atom is -0.264 e. The first kappa shape index (κ1) is 73.3. The Morgan fingerprint density at radius 1 is 0.143 bits per heavy atom. The standard InChI is InChI=1S/C39H23N7.2C33H19N7/c1-6-30(21-40-15-1)24-7-11-27(12-8-24)39-45-33(31-18-28-13-9-25-4-2-16-41-35(25)37(28)43-22-31)20-34(46-39)32-19-29-14-10-26-5-3-17-42-36(26)38(29)44-23-32;1-2-6-22(7-3-1)31-38-32(25-14-18-36-29-23(25)12-10-20-8-4-16-34-27(20)29)40-33(39-31)26-15-19-37-30-24(26)13-11-21-9-5-17-35-28(21)30;1-2-6-22(7-3-1)31-38-32(25-16-23-12-10-20-8-4-14-34-27(20)29(23)36-18-25)40-33(39-31)26-17-24-13-11-21-9-5-15-35-28(21)30(24)37-19-26/h1-23H;2*1-19H. The largest absolute Gasteiger partial charge is 0.264 e. The lowest BCUT2D eigenvalue weighted by molar-refractivity contribution is 1.07. The maximum atomic E-state index is 5.06. The molecule has 0 amide bonds. The maximum Gasteiger partial charge on any atom is 0.165 e. The first-order valence-corrected chi connectivity index (χ1v) is 40.7. The van der Waals surface area contributed by atoms with Gasteiger partial charge < -0.3 is 0 Å². The van der Waals surface area contributed by atoms with Crippen molar-refractivity contribution in [2.75, 3.05) is 0 Å². The molecule has 0 unspecified atom stereocenters. The van der Waals surface area contributed by atoms with Gasteiger partial charge in [-0.3, -0.25) is 64.8 Å². The molecule has 0 bridgehead atoms. The van der Waals surface area contributed by atoms with Gasteiger partial charge in [0.05, 0.1) is 77.6 Å². The van der Waals surface area contributed by atoms with Crippen molar-refractivity contribution < 1.29 is 0 Å². The molecular weight excluding hydrogens is 1560 g/mol. The Hall–Kier alpha value is -17.9. The van der Waals surface area contributed by atoms with Gasteiger partial charge in [-0.15, -0.1) is 0 Å². The maximum absolute atomic E-state index is 5.06. The molecule has 0 aliphatic carbocycles. The highest BCUT2D eigenvalue weighted by Gasteiger charge is 2.22. The molecule has 0 spiro atoms. The van der Waals surface area contributed by atoms with Crippen LogP contribution in [0.15, 0.2) is 372 Å². The van der Waals surface area contributed by atoms with Crippen molar-refractivity contribution in [3.05, 3.63) is 372 Å². The van der Waals surface area contributed by atoms with Crippen LogP contribution in [0.3, 0.4) is 0 Å². The van der Waals surface area contributed by atoms with Crippen LogP contribution >= 0.6 is 0 Å². The predicted octanol–water partition coefficient (Wildman–Crippen LogP) is 22.9. The van der Waals surface area contributed by atoms with Crippen LogP contribution in [0.2, 0.25) is 0 Å². The highest BCUT2D eigenvalue weighted by molar-refractivity contribution is 6.11. The smallest absolute Gasteiger partial charge is 0.165 e. The molecule has 586 valence electrons. The minimum atomic E-state index is 0.541. The summed E-state index contributed by atoms with van der Waals surface area (Å²) in [5, 5.41) is 12.1. The van der Waals surface area contributed by atoms with E-state index >= 15 is 0 Å². The van der Waals surface area contributed by atoms with Gasteiger partial charge in [-0.25, -0.2) is 39.9 Å². The van der Waals surface area contributed by atoms with Crippen molar-refractivity contribution in [2.24, 2.45) is 0 Å². The molecule has 0 atom stereocenters. The van der Waals surface area contributed by atoms with E-state index in [4.69, 9.17) is 59.8 Å². The van der Waals surface area contributed by atoms with E-state index in [1.807, 2.05) is 170 Å². The molecule has 0 saturated heterocycles. The number of pyridine rings is 13. The molecular formula is C105H61N21. The number of nitrogens with zero attached hydrogens (tertiary/aromatic N) is 21. The van der Waals surface area contributed by atoms with Crippen LogP contribution in [-0.4, -0.2) is 105 Å². The Morgan fingerprint density at radius 2 is 0.421 bits per heavy atom. The van der Waals surface area contributed by atoms with Crippen molar-refractivity contribution in [1.29, 1.82) is 0 Å². The number of fused-ring (bicyclic) bond motifs is 18. The van der Waals surface area contributed by atoms with Crippen molar-refractivity contribution >= 4 is 131 Å². The fourth-order valence-electron chi connectivity index (χ4n) is 16.3. The molecule has 16 aromatic heterocycles. The Labute approximate surface area is 716 Å². The zero-order chi connectivity index (χ0) is 83.4. The number of aromatic nitrogens is 21. The predicted molar refractivity (Wildman–Crippen MR) is 497 cm³/mol. The van der Waals surface area contributed by atoms with Crippen LogP contribution in [0.1, 0.15) is 0 Å². The summed E-state index contributed by atoms with van der Waals surface area (Å²) >= 11 is 0. The molecule has 0 radical (unpaired) electrons.